The summed E-state index contributed by atoms with van der Waals surface area (Å²) in [6.45, 7) is 0. The van der Waals surface area contributed by atoms with Gasteiger partial charge in [-0.05, 0) is 58.4 Å². The van der Waals surface area contributed by atoms with E-state index < -0.39 is 11.5 Å². The van der Waals surface area contributed by atoms with Crippen LogP contribution in [0.4, 0.5) is 0 Å². The third-order valence-corrected chi connectivity index (χ3v) is 5.67. The summed E-state index contributed by atoms with van der Waals surface area (Å²) < 4.78 is 0. The van der Waals surface area contributed by atoms with Gasteiger partial charge < -0.3 is 10.0 Å². The molecule has 0 aromatic rings. The zero-order valence-corrected chi connectivity index (χ0v) is 12.6. The van der Waals surface area contributed by atoms with Crippen LogP contribution in [0.15, 0.2) is 0 Å². The number of carboxylic acid groups (broad SMARTS) is 1. The summed E-state index contributed by atoms with van der Waals surface area (Å²) in [5.41, 5.74) is -0.656. The summed E-state index contributed by atoms with van der Waals surface area (Å²) in [4.78, 5) is 14.3. The first-order valence-corrected chi connectivity index (χ1v) is 8.34. The van der Waals surface area contributed by atoms with Crippen molar-refractivity contribution in [2.24, 2.45) is 0 Å². The Morgan fingerprint density at radius 2 is 1.75 bits per heavy atom. The van der Waals surface area contributed by atoms with Gasteiger partial charge in [-0.1, -0.05) is 12.8 Å². The molecule has 0 radical (unpaired) electrons. The number of hydrogen-bond donors (Lipinski definition) is 2. The molecule has 2 atom stereocenters. The second-order valence-corrected chi connectivity index (χ2v) is 7.16. The van der Waals surface area contributed by atoms with Gasteiger partial charge in [-0.2, -0.15) is 0 Å². The molecule has 114 valence electrons. The average Bonchev–Trinajstić information content (AvgIpc) is 3.08. The minimum absolute atomic E-state index is 0.439. The molecule has 0 bridgehead atoms. The second kappa shape index (κ2) is 5.64. The van der Waals surface area contributed by atoms with Crippen molar-refractivity contribution in [2.45, 2.75) is 87.9 Å². The first-order valence-electron chi connectivity index (χ1n) is 8.34. The van der Waals surface area contributed by atoms with Crippen LogP contribution in [0.3, 0.4) is 0 Å². The van der Waals surface area contributed by atoms with Crippen molar-refractivity contribution in [3.8, 4) is 0 Å². The highest BCUT2D eigenvalue weighted by atomic mass is 16.4. The lowest BCUT2D eigenvalue weighted by Gasteiger charge is -2.43. The molecule has 3 aliphatic carbocycles. The summed E-state index contributed by atoms with van der Waals surface area (Å²) in [7, 11) is 2.22. The van der Waals surface area contributed by atoms with Crippen molar-refractivity contribution in [3.05, 3.63) is 0 Å². The zero-order chi connectivity index (χ0) is 14.2. The van der Waals surface area contributed by atoms with Gasteiger partial charge in [-0.25, -0.2) is 0 Å². The quantitative estimate of drug-likeness (QED) is 0.812. The summed E-state index contributed by atoms with van der Waals surface area (Å²) in [5.74, 6) is -0.631. The van der Waals surface area contributed by atoms with E-state index in [9.17, 15) is 9.90 Å². The van der Waals surface area contributed by atoms with Crippen LogP contribution in [0.25, 0.3) is 0 Å². The monoisotopic (exact) mass is 280 g/mol. The first-order chi connectivity index (χ1) is 9.61. The molecule has 2 N–H and O–H groups in total. The maximum atomic E-state index is 11.8. The average molecular weight is 280 g/mol. The first kappa shape index (κ1) is 14.3. The topological polar surface area (TPSA) is 52.6 Å². The van der Waals surface area contributed by atoms with Crippen LogP contribution >= 0.6 is 0 Å². The Balaban J connectivity index is 1.68. The standard InChI is InChI=1S/C16H28N2O2/c1-18(13-5-2-3-6-13)14-7-4-10-16(11-14,15(19)20)17-12-8-9-12/h12-14,17H,2-11H2,1H3,(H,19,20). The number of nitrogens with zero attached hydrogens (tertiary/aromatic N) is 1. The van der Waals surface area contributed by atoms with Crippen molar-refractivity contribution in [1.82, 2.24) is 10.2 Å². The number of aliphatic carboxylic acids is 1. The molecule has 2 unspecified atom stereocenters. The SMILES string of the molecule is CN(C1CCCC1)C1CCCC(NC2CC2)(C(=O)O)C1. The fourth-order valence-corrected chi connectivity index (χ4v) is 4.21. The molecule has 3 saturated carbocycles. The van der Waals surface area contributed by atoms with E-state index in [0.717, 1.165) is 38.5 Å². The smallest absolute Gasteiger partial charge is 0.323 e. The predicted octanol–water partition coefficient (Wildman–Crippen LogP) is 2.38. The summed E-state index contributed by atoms with van der Waals surface area (Å²) >= 11 is 0. The fraction of sp³-hybridized carbons (Fsp3) is 0.938. The van der Waals surface area contributed by atoms with Crippen LogP contribution in [0, 0.1) is 0 Å². The molecule has 4 nitrogen and oxygen atoms in total. The second-order valence-electron chi connectivity index (χ2n) is 7.16. The van der Waals surface area contributed by atoms with Gasteiger partial charge in [-0.3, -0.25) is 10.1 Å². The number of carbonyl (C=O) groups is 1. The van der Waals surface area contributed by atoms with Gasteiger partial charge in [0.05, 0.1) is 0 Å². The molecule has 20 heavy (non-hydrogen) atoms. The van der Waals surface area contributed by atoms with Crippen LogP contribution in [-0.4, -0.2) is 46.7 Å². The van der Waals surface area contributed by atoms with Gasteiger partial charge in [0.1, 0.15) is 5.54 Å². The molecule has 0 aromatic carbocycles. The van der Waals surface area contributed by atoms with E-state index in [2.05, 4.69) is 17.3 Å². The highest BCUT2D eigenvalue weighted by Gasteiger charge is 2.47. The van der Waals surface area contributed by atoms with Gasteiger partial charge >= 0.3 is 5.97 Å². The highest BCUT2D eigenvalue weighted by molar-refractivity contribution is 5.79. The van der Waals surface area contributed by atoms with Crippen molar-refractivity contribution in [1.29, 1.82) is 0 Å². The maximum Gasteiger partial charge on any atom is 0.323 e. The van der Waals surface area contributed by atoms with Gasteiger partial charge in [0.25, 0.3) is 0 Å². The molecular formula is C16H28N2O2. The Morgan fingerprint density at radius 3 is 2.35 bits per heavy atom. The molecule has 4 heteroatoms. The van der Waals surface area contributed by atoms with E-state index in [1.165, 1.54) is 25.7 Å². The van der Waals surface area contributed by atoms with Crippen LogP contribution in [-0.2, 0) is 4.79 Å². The van der Waals surface area contributed by atoms with E-state index in [0.29, 0.717) is 18.1 Å². The summed E-state index contributed by atoms with van der Waals surface area (Å²) in [5, 5.41) is 13.2. The molecule has 0 saturated heterocycles. The Kier molecular flexibility index (Phi) is 4.04. The van der Waals surface area contributed by atoms with Crippen LogP contribution < -0.4 is 5.32 Å². The zero-order valence-electron chi connectivity index (χ0n) is 12.6. The van der Waals surface area contributed by atoms with Gasteiger partial charge in [0, 0.05) is 18.1 Å². The summed E-state index contributed by atoms with van der Waals surface area (Å²) in [6.07, 6.45) is 11.3. The third kappa shape index (κ3) is 2.86. The summed E-state index contributed by atoms with van der Waals surface area (Å²) in [6, 6.07) is 1.58. The molecule has 3 aliphatic rings. The van der Waals surface area contributed by atoms with E-state index >= 15 is 0 Å². The maximum absolute atomic E-state index is 11.8. The largest absolute Gasteiger partial charge is 0.480 e. The molecular weight excluding hydrogens is 252 g/mol. The van der Waals surface area contributed by atoms with Crippen molar-refractivity contribution in [3.63, 3.8) is 0 Å². The van der Waals surface area contributed by atoms with Crippen molar-refractivity contribution in [2.75, 3.05) is 7.05 Å². The number of rotatable bonds is 5. The Bertz CT molecular complexity index is 363. The minimum Gasteiger partial charge on any atom is -0.480 e. The Labute approximate surface area is 121 Å². The molecule has 0 amide bonds. The molecule has 3 fully saturated rings. The van der Waals surface area contributed by atoms with Crippen LogP contribution in [0.5, 0.6) is 0 Å². The molecule has 0 aliphatic heterocycles. The van der Waals surface area contributed by atoms with E-state index in [-0.39, 0.29) is 0 Å². The van der Waals surface area contributed by atoms with Gasteiger partial charge in [-0.15, -0.1) is 0 Å². The third-order valence-electron chi connectivity index (χ3n) is 5.67. The number of carboxylic acids is 1. The normalized spacial score (nSPS) is 35.6. The lowest BCUT2D eigenvalue weighted by Crippen LogP contribution is -2.59. The van der Waals surface area contributed by atoms with Crippen molar-refractivity contribution < 1.29 is 9.90 Å². The highest BCUT2D eigenvalue weighted by Crippen LogP contribution is 2.36. The molecule has 3 rings (SSSR count). The lowest BCUT2D eigenvalue weighted by atomic mass is 9.78. The fourth-order valence-electron chi connectivity index (χ4n) is 4.21. The lowest BCUT2D eigenvalue weighted by molar-refractivity contribution is -0.147. The molecule has 0 aromatic heterocycles. The van der Waals surface area contributed by atoms with E-state index in [4.69, 9.17) is 0 Å². The molecule has 0 heterocycles. The van der Waals surface area contributed by atoms with Gasteiger partial charge in [0.15, 0.2) is 0 Å². The number of nitrogens with one attached hydrogen (secondary N) is 1. The Hall–Kier alpha value is -0.610. The minimum atomic E-state index is -0.656. The van der Waals surface area contributed by atoms with E-state index in [1.54, 1.807) is 0 Å². The number of hydrogen-bond acceptors (Lipinski definition) is 3. The van der Waals surface area contributed by atoms with Crippen LogP contribution in [0.1, 0.15) is 64.2 Å². The Morgan fingerprint density at radius 1 is 1.10 bits per heavy atom. The predicted molar refractivity (Wildman–Crippen MR) is 78.8 cm³/mol. The van der Waals surface area contributed by atoms with E-state index in [1.807, 2.05) is 0 Å². The molecule has 0 spiro atoms. The van der Waals surface area contributed by atoms with Gasteiger partial charge in [0.2, 0.25) is 0 Å². The van der Waals surface area contributed by atoms with Crippen LogP contribution in [0.2, 0.25) is 0 Å². The van der Waals surface area contributed by atoms with Crippen molar-refractivity contribution >= 4 is 5.97 Å².